The number of carbonyl (C=O) groups excluding carboxylic acids is 1. The molecule has 1 amide bonds. The third-order valence-electron chi connectivity index (χ3n) is 5.67. The zero-order chi connectivity index (χ0) is 20.5. The quantitative estimate of drug-likeness (QED) is 0.522. The van der Waals surface area contributed by atoms with Crippen molar-refractivity contribution in [3.63, 3.8) is 0 Å². The molecule has 2 N–H and O–H groups in total. The lowest BCUT2D eigenvalue weighted by Crippen LogP contribution is -2.39. The Morgan fingerprint density at radius 1 is 1.10 bits per heavy atom. The molecular weight excluding hydrogens is 370 g/mol. The Hall–Kier alpha value is -3.28. The van der Waals surface area contributed by atoms with Crippen LogP contribution in [-0.4, -0.2) is 34.1 Å². The molecule has 0 aliphatic carbocycles. The maximum absolute atomic E-state index is 12.9. The van der Waals surface area contributed by atoms with E-state index in [1.165, 1.54) is 23.3 Å². The van der Waals surface area contributed by atoms with Crippen LogP contribution in [0.2, 0.25) is 0 Å². The van der Waals surface area contributed by atoms with E-state index in [0.717, 1.165) is 25.3 Å². The van der Waals surface area contributed by atoms with Gasteiger partial charge in [0.25, 0.3) is 5.91 Å². The number of phenolic OH excluding ortho intramolecular Hbond substituents is 2. The minimum atomic E-state index is -0.745. The molecule has 1 aromatic heterocycles. The number of phenols is 2. The molecule has 0 bridgehead atoms. The Morgan fingerprint density at radius 2 is 1.83 bits per heavy atom. The first-order chi connectivity index (χ1) is 14.0. The molecule has 29 heavy (non-hydrogen) atoms. The van der Waals surface area contributed by atoms with Crippen LogP contribution >= 0.6 is 0 Å². The van der Waals surface area contributed by atoms with Crippen LogP contribution in [0.1, 0.15) is 47.2 Å². The highest BCUT2D eigenvalue weighted by molar-refractivity contribution is 5.97. The summed E-state index contributed by atoms with van der Waals surface area (Å²) >= 11 is 0. The number of carbonyl (C=O) groups is 1. The van der Waals surface area contributed by atoms with E-state index < -0.39 is 5.63 Å². The van der Waals surface area contributed by atoms with Gasteiger partial charge >= 0.3 is 5.63 Å². The van der Waals surface area contributed by atoms with E-state index in [1.807, 2.05) is 0 Å². The zero-order valence-corrected chi connectivity index (χ0v) is 16.2. The molecule has 0 unspecified atom stereocenters. The van der Waals surface area contributed by atoms with Crippen LogP contribution in [0, 0.1) is 0 Å². The molecular formula is C23H23NO5. The SMILES string of the molecule is CCc1cccc(C2CCN(C(=O)c3cc4cc(O)c(O)cc4oc3=O)CC2)c1. The van der Waals surface area contributed by atoms with Crippen molar-refractivity contribution in [2.24, 2.45) is 0 Å². The van der Waals surface area contributed by atoms with E-state index in [2.05, 4.69) is 31.2 Å². The van der Waals surface area contributed by atoms with Crippen LogP contribution in [0.4, 0.5) is 0 Å². The van der Waals surface area contributed by atoms with Gasteiger partial charge < -0.3 is 19.5 Å². The van der Waals surface area contributed by atoms with Gasteiger partial charge in [-0.05, 0) is 48.4 Å². The van der Waals surface area contributed by atoms with Gasteiger partial charge in [0.05, 0.1) is 0 Å². The topological polar surface area (TPSA) is 91.0 Å². The van der Waals surface area contributed by atoms with Crippen LogP contribution in [0.15, 0.2) is 51.7 Å². The first-order valence-corrected chi connectivity index (χ1v) is 9.84. The van der Waals surface area contributed by atoms with Crippen LogP contribution in [0.5, 0.6) is 11.5 Å². The summed E-state index contributed by atoms with van der Waals surface area (Å²) in [4.78, 5) is 26.9. The third kappa shape index (κ3) is 3.70. The second-order valence-electron chi connectivity index (χ2n) is 7.49. The number of amides is 1. The predicted octanol–water partition coefficient (Wildman–Crippen LogP) is 3.79. The predicted molar refractivity (Wildman–Crippen MR) is 110 cm³/mol. The smallest absolute Gasteiger partial charge is 0.349 e. The van der Waals surface area contributed by atoms with Crippen molar-refractivity contribution in [3.05, 3.63) is 69.6 Å². The number of benzene rings is 2. The first-order valence-electron chi connectivity index (χ1n) is 9.84. The number of aryl methyl sites for hydroxylation is 1. The molecule has 3 aromatic rings. The van der Waals surface area contributed by atoms with Crippen LogP contribution < -0.4 is 5.63 Å². The van der Waals surface area contributed by atoms with Crippen molar-refractivity contribution >= 4 is 16.9 Å². The molecule has 1 aliphatic heterocycles. The molecule has 150 valence electrons. The lowest BCUT2D eigenvalue weighted by Gasteiger charge is -2.32. The zero-order valence-electron chi connectivity index (χ0n) is 16.2. The van der Waals surface area contributed by atoms with Crippen molar-refractivity contribution in [1.82, 2.24) is 4.90 Å². The molecule has 1 aliphatic rings. The van der Waals surface area contributed by atoms with Crippen molar-refractivity contribution in [1.29, 1.82) is 0 Å². The molecule has 2 heterocycles. The second-order valence-corrected chi connectivity index (χ2v) is 7.49. The third-order valence-corrected chi connectivity index (χ3v) is 5.67. The maximum Gasteiger partial charge on any atom is 0.349 e. The average molecular weight is 393 g/mol. The van der Waals surface area contributed by atoms with E-state index in [1.54, 1.807) is 4.90 Å². The molecule has 6 heteroatoms. The molecule has 1 fully saturated rings. The monoisotopic (exact) mass is 393 g/mol. The van der Waals surface area contributed by atoms with Gasteiger partial charge in [0.15, 0.2) is 11.5 Å². The van der Waals surface area contributed by atoms with Crippen molar-refractivity contribution in [2.75, 3.05) is 13.1 Å². The summed E-state index contributed by atoms with van der Waals surface area (Å²) in [7, 11) is 0. The summed E-state index contributed by atoms with van der Waals surface area (Å²) in [6.07, 6.45) is 2.68. The van der Waals surface area contributed by atoms with E-state index >= 15 is 0 Å². The number of fused-ring (bicyclic) bond motifs is 1. The largest absolute Gasteiger partial charge is 0.504 e. The van der Waals surface area contributed by atoms with E-state index in [4.69, 9.17) is 4.42 Å². The lowest BCUT2D eigenvalue weighted by atomic mass is 9.88. The highest BCUT2D eigenvalue weighted by Gasteiger charge is 2.27. The number of aromatic hydroxyl groups is 2. The summed E-state index contributed by atoms with van der Waals surface area (Å²) in [5.74, 6) is -0.679. The number of hydrogen-bond donors (Lipinski definition) is 2. The fourth-order valence-electron chi connectivity index (χ4n) is 3.95. The van der Waals surface area contributed by atoms with E-state index in [-0.39, 0.29) is 28.6 Å². The highest BCUT2D eigenvalue weighted by atomic mass is 16.4. The Labute approximate surface area is 168 Å². The van der Waals surface area contributed by atoms with E-state index in [0.29, 0.717) is 24.4 Å². The van der Waals surface area contributed by atoms with Crippen LogP contribution in [0.25, 0.3) is 11.0 Å². The van der Waals surface area contributed by atoms with Crippen LogP contribution in [-0.2, 0) is 6.42 Å². The molecule has 6 nitrogen and oxygen atoms in total. The standard InChI is InChI=1S/C23H23NO5/c1-2-14-4-3-5-16(10-14)15-6-8-24(9-7-15)22(27)18-11-17-12-19(25)20(26)13-21(17)29-23(18)28/h3-5,10-13,15,25-26H,2,6-9H2,1H3. The van der Waals surface area contributed by atoms with Crippen molar-refractivity contribution in [3.8, 4) is 11.5 Å². The summed E-state index contributed by atoms with van der Waals surface area (Å²) in [6, 6.07) is 12.4. The number of piperidine rings is 1. The Bertz CT molecular complexity index is 1130. The van der Waals surface area contributed by atoms with Crippen LogP contribution in [0.3, 0.4) is 0 Å². The summed E-state index contributed by atoms with van der Waals surface area (Å²) in [5.41, 5.74) is 1.93. The van der Waals surface area contributed by atoms with Gasteiger partial charge in [-0.3, -0.25) is 4.79 Å². The summed E-state index contributed by atoms with van der Waals surface area (Å²) < 4.78 is 5.18. The average Bonchev–Trinajstić information content (AvgIpc) is 2.74. The summed E-state index contributed by atoms with van der Waals surface area (Å²) in [5, 5.41) is 19.6. The van der Waals surface area contributed by atoms with Gasteiger partial charge in [-0.2, -0.15) is 0 Å². The van der Waals surface area contributed by atoms with Gasteiger partial charge in [-0.1, -0.05) is 31.2 Å². The number of nitrogens with zero attached hydrogens (tertiary/aromatic N) is 1. The second kappa shape index (κ2) is 7.62. The molecule has 1 saturated heterocycles. The molecule has 0 radical (unpaired) electrons. The van der Waals surface area contributed by atoms with Gasteiger partial charge in [0.2, 0.25) is 0 Å². The molecule has 2 aromatic carbocycles. The molecule has 4 rings (SSSR count). The van der Waals surface area contributed by atoms with Gasteiger partial charge in [-0.25, -0.2) is 4.79 Å². The summed E-state index contributed by atoms with van der Waals surface area (Å²) in [6.45, 7) is 3.27. The van der Waals surface area contributed by atoms with Crippen molar-refractivity contribution in [2.45, 2.75) is 32.1 Å². The fourth-order valence-corrected chi connectivity index (χ4v) is 3.95. The normalized spacial score (nSPS) is 15.0. The maximum atomic E-state index is 12.9. The fraction of sp³-hybridized carbons (Fsp3) is 0.304. The van der Waals surface area contributed by atoms with Gasteiger partial charge in [-0.15, -0.1) is 0 Å². The highest BCUT2D eigenvalue weighted by Crippen LogP contribution is 2.31. The Balaban J connectivity index is 1.53. The minimum absolute atomic E-state index is 0.0611. The Kier molecular flexibility index (Phi) is 5.01. The first kappa shape index (κ1) is 19.1. The van der Waals surface area contributed by atoms with E-state index in [9.17, 15) is 19.8 Å². The van der Waals surface area contributed by atoms with Gasteiger partial charge in [0.1, 0.15) is 11.1 Å². The molecule has 0 spiro atoms. The number of likely N-dealkylation sites (tertiary alicyclic amines) is 1. The Morgan fingerprint density at radius 3 is 2.55 bits per heavy atom. The van der Waals surface area contributed by atoms with Gasteiger partial charge in [0, 0.05) is 24.5 Å². The number of rotatable bonds is 3. The minimum Gasteiger partial charge on any atom is -0.504 e. The van der Waals surface area contributed by atoms with Crippen molar-refractivity contribution < 1.29 is 19.4 Å². The lowest BCUT2D eigenvalue weighted by molar-refractivity contribution is 0.0709. The molecule has 0 atom stereocenters. The number of hydrogen-bond acceptors (Lipinski definition) is 5. The molecule has 0 saturated carbocycles.